The van der Waals surface area contributed by atoms with E-state index in [2.05, 4.69) is 17.1 Å². The highest BCUT2D eigenvalue weighted by Gasteiger charge is 2.10. The van der Waals surface area contributed by atoms with Gasteiger partial charge in [-0.05, 0) is 19.4 Å². The summed E-state index contributed by atoms with van der Waals surface area (Å²) in [6.07, 6.45) is 1.05. The standard InChI is InChI=1S/C12H13ClN2O/c1-3-8(2)16-12-10-7-5-4-6-9(10)11(13)14-15-12/h4-8H,3H2,1-2H3. The number of hydrogen-bond donors (Lipinski definition) is 0. The second kappa shape index (κ2) is 4.66. The van der Waals surface area contributed by atoms with Gasteiger partial charge in [0.2, 0.25) is 5.88 Å². The highest BCUT2D eigenvalue weighted by atomic mass is 35.5. The van der Waals surface area contributed by atoms with E-state index in [9.17, 15) is 0 Å². The molecule has 1 heterocycles. The first-order valence-corrected chi connectivity index (χ1v) is 5.67. The summed E-state index contributed by atoms with van der Waals surface area (Å²) in [5.74, 6) is 0.550. The van der Waals surface area contributed by atoms with Gasteiger partial charge in [0.25, 0.3) is 0 Å². The Morgan fingerprint density at radius 3 is 2.62 bits per heavy atom. The van der Waals surface area contributed by atoms with Crippen molar-refractivity contribution in [3.05, 3.63) is 29.4 Å². The minimum atomic E-state index is 0.124. The Bertz CT molecular complexity index is 501. The fourth-order valence-electron chi connectivity index (χ4n) is 1.41. The lowest BCUT2D eigenvalue weighted by Crippen LogP contribution is -2.11. The van der Waals surface area contributed by atoms with Gasteiger partial charge in [-0.15, -0.1) is 10.2 Å². The second-order valence-corrected chi connectivity index (χ2v) is 4.04. The van der Waals surface area contributed by atoms with Crippen LogP contribution in [0.1, 0.15) is 20.3 Å². The van der Waals surface area contributed by atoms with Gasteiger partial charge < -0.3 is 4.74 Å². The largest absolute Gasteiger partial charge is 0.473 e. The molecule has 4 heteroatoms. The highest BCUT2D eigenvalue weighted by molar-refractivity contribution is 6.34. The molecular weight excluding hydrogens is 224 g/mol. The van der Waals surface area contributed by atoms with Crippen LogP contribution < -0.4 is 4.74 Å². The van der Waals surface area contributed by atoms with Gasteiger partial charge in [-0.3, -0.25) is 0 Å². The molecule has 84 valence electrons. The van der Waals surface area contributed by atoms with Crippen LogP contribution in [0.15, 0.2) is 24.3 Å². The number of fused-ring (bicyclic) bond motifs is 1. The molecule has 1 aromatic heterocycles. The monoisotopic (exact) mass is 236 g/mol. The van der Waals surface area contributed by atoms with Crippen molar-refractivity contribution in [2.24, 2.45) is 0 Å². The van der Waals surface area contributed by atoms with Crippen LogP contribution in [-0.2, 0) is 0 Å². The summed E-state index contributed by atoms with van der Waals surface area (Å²) in [4.78, 5) is 0. The molecule has 0 fully saturated rings. The van der Waals surface area contributed by atoms with E-state index in [0.29, 0.717) is 11.0 Å². The zero-order valence-electron chi connectivity index (χ0n) is 9.27. The number of aromatic nitrogens is 2. The maximum atomic E-state index is 5.97. The normalized spacial score (nSPS) is 12.7. The summed E-state index contributed by atoms with van der Waals surface area (Å²) in [6, 6.07) is 7.70. The van der Waals surface area contributed by atoms with E-state index in [-0.39, 0.29) is 6.10 Å². The van der Waals surface area contributed by atoms with Crippen LogP contribution in [0.2, 0.25) is 5.15 Å². The third-order valence-corrected chi connectivity index (χ3v) is 2.78. The van der Waals surface area contributed by atoms with Gasteiger partial charge in [-0.1, -0.05) is 36.7 Å². The summed E-state index contributed by atoms with van der Waals surface area (Å²) in [5.41, 5.74) is 0. The zero-order valence-corrected chi connectivity index (χ0v) is 10.0. The van der Waals surface area contributed by atoms with Gasteiger partial charge in [0, 0.05) is 10.8 Å². The molecular formula is C12H13ClN2O. The molecule has 0 aliphatic rings. The highest BCUT2D eigenvalue weighted by Crippen LogP contribution is 2.27. The van der Waals surface area contributed by atoms with E-state index in [1.54, 1.807) is 0 Å². The van der Waals surface area contributed by atoms with Crippen molar-refractivity contribution in [3.63, 3.8) is 0 Å². The minimum Gasteiger partial charge on any atom is -0.473 e. The molecule has 0 bridgehead atoms. The summed E-state index contributed by atoms with van der Waals surface area (Å²) in [6.45, 7) is 4.07. The maximum absolute atomic E-state index is 5.97. The van der Waals surface area contributed by atoms with Crippen molar-refractivity contribution in [1.29, 1.82) is 0 Å². The van der Waals surface area contributed by atoms with Crippen LogP contribution >= 0.6 is 11.6 Å². The van der Waals surface area contributed by atoms with E-state index in [0.717, 1.165) is 17.2 Å². The molecule has 0 aliphatic carbocycles. The zero-order chi connectivity index (χ0) is 11.5. The predicted octanol–water partition coefficient (Wildman–Crippen LogP) is 3.46. The molecule has 3 nitrogen and oxygen atoms in total. The summed E-state index contributed by atoms with van der Waals surface area (Å²) >= 11 is 5.97. The molecule has 1 unspecified atom stereocenters. The Morgan fingerprint density at radius 2 is 1.94 bits per heavy atom. The van der Waals surface area contributed by atoms with Crippen LogP contribution in [0.4, 0.5) is 0 Å². The first-order chi connectivity index (χ1) is 7.72. The molecule has 2 aromatic rings. The topological polar surface area (TPSA) is 35.0 Å². The number of hydrogen-bond acceptors (Lipinski definition) is 3. The van der Waals surface area contributed by atoms with Gasteiger partial charge in [-0.2, -0.15) is 0 Å². The molecule has 16 heavy (non-hydrogen) atoms. The molecule has 0 saturated carbocycles. The number of rotatable bonds is 3. The van der Waals surface area contributed by atoms with Crippen LogP contribution in [-0.4, -0.2) is 16.3 Å². The van der Waals surface area contributed by atoms with E-state index in [1.807, 2.05) is 31.2 Å². The van der Waals surface area contributed by atoms with Gasteiger partial charge >= 0.3 is 0 Å². The molecule has 0 radical (unpaired) electrons. The van der Waals surface area contributed by atoms with Crippen molar-refractivity contribution in [3.8, 4) is 5.88 Å². The Morgan fingerprint density at radius 1 is 1.25 bits per heavy atom. The van der Waals surface area contributed by atoms with Gasteiger partial charge in [0.15, 0.2) is 5.15 Å². The van der Waals surface area contributed by atoms with Gasteiger partial charge in [0.05, 0.1) is 6.10 Å². The van der Waals surface area contributed by atoms with E-state index in [1.165, 1.54) is 0 Å². The van der Waals surface area contributed by atoms with Gasteiger partial charge in [0.1, 0.15) is 0 Å². The second-order valence-electron chi connectivity index (χ2n) is 3.68. The number of nitrogens with zero attached hydrogens (tertiary/aromatic N) is 2. The SMILES string of the molecule is CCC(C)Oc1nnc(Cl)c2ccccc12. The third kappa shape index (κ3) is 2.09. The molecule has 0 aliphatic heterocycles. The average molecular weight is 237 g/mol. The van der Waals surface area contributed by atoms with Crippen LogP contribution in [0, 0.1) is 0 Å². The molecule has 1 atom stereocenters. The number of halogens is 1. The lowest BCUT2D eigenvalue weighted by atomic mass is 10.2. The van der Waals surface area contributed by atoms with Gasteiger partial charge in [-0.25, -0.2) is 0 Å². The molecule has 2 rings (SSSR count). The Balaban J connectivity index is 2.50. The number of ether oxygens (including phenoxy) is 1. The van der Waals surface area contributed by atoms with Crippen LogP contribution in [0.3, 0.4) is 0 Å². The predicted molar refractivity (Wildman–Crippen MR) is 64.9 cm³/mol. The quantitative estimate of drug-likeness (QED) is 0.819. The first kappa shape index (κ1) is 11.1. The number of benzene rings is 1. The van der Waals surface area contributed by atoms with Crippen molar-refractivity contribution in [1.82, 2.24) is 10.2 Å². The van der Waals surface area contributed by atoms with E-state index >= 15 is 0 Å². The molecule has 0 amide bonds. The van der Waals surface area contributed by atoms with Crippen molar-refractivity contribution in [2.45, 2.75) is 26.4 Å². The van der Waals surface area contributed by atoms with Crippen LogP contribution in [0.5, 0.6) is 5.88 Å². The lowest BCUT2D eigenvalue weighted by molar-refractivity contribution is 0.209. The molecule has 1 aromatic carbocycles. The summed E-state index contributed by atoms with van der Waals surface area (Å²) in [7, 11) is 0. The van der Waals surface area contributed by atoms with Crippen molar-refractivity contribution < 1.29 is 4.74 Å². The molecule has 0 N–H and O–H groups in total. The fourth-order valence-corrected chi connectivity index (χ4v) is 1.61. The Kier molecular flexibility index (Phi) is 3.25. The van der Waals surface area contributed by atoms with Crippen molar-refractivity contribution in [2.75, 3.05) is 0 Å². The Labute approximate surface area is 99.4 Å². The summed E-state index contributed by atoms with van der Waals surface area (Å²) in [5, 5.41) is 10.1. The molecule has 0 spiro atoms. The maximum Gasteiger partial charge on any atom is 0.241 e. The lowest BCUT2D eigenvalue weighted by Gasteiger charge is -2.12. The third-order valence-electron chi connectivity index (χ3n) is 2.50. The van der Waals surface area contributed by atoms with E-state index < -0.39 is 0 Å². The summed E-state index contributed by atoms with van der Waals surface area (Å²) < 4.78 is 5.70. The molecule has 0 saturated heterocycles. The van der Waals surface area contributed by atoms with Crippen molar-refractivity contribution >= 4 is 22.4 Å². The Hall–Kier alpha value is -1.35. The first-order valence-electron chi connectivity index (χ1n) is 5.30. The fraction of sp³-hybridized carbons (Fsp3) is 0.333. The smallest absolute Gasteiger partial charge is 0.241 e. The average Bonchev–Trinajstić information content (AvgIpc) is 2.33. The van der Waals surface area contributed by atoms with E-state index in [4.69, 9.17) is 16.3 Å². The minimum absolute atomic E-state index is 0.124. The van der Waals surface area contributed by atoms with Crippen LogP contribution in [0.25, 0.3) is 10.8 Å².